The SMILES string of the molecule is CCCCCCCCCCCCCCCCCC(=O)OCC(O)CO.O=C(OOC(=O)c1ccccc1)c1ccccc1.OCC(O)CO. The monoisotopic (exact) mass is 692 g/mol. The fourth-order valence-electron chi connectivity index (χ4n) is 4.33. The van der Waals surface area contributed by atoms with Gasteiger partial charge in [0.05, 0.1) is 30.9 Å². The highest BCUT2D eigenvalue weighted by atomic mass is 17.2. The Kier molecular flexibility index (Phi) is 30.9. The van der Waals surface area contributed by atoms with E-state index in [9.17, 15) is 14.4 Å². The van der Waals surface area contributed by atoms with Gasteiger partial charge in [-0.25, -0.2) is 19.4 Å². The molecule has 0 aliphatic heterocycles. The van der Waals surface area contributed by atoms with Gasteiger partial charge < -0.3 is 30.3 Å². The van der Waals surface area contributed by atoms with Crippen molar-refractivity contribution in [2.45, 2.75) is 122 Å². The standard InChI is InChI=1S/C21H42O4.C14H10O4.C3H8O3/c1-2-3-4-5-6-7-8-9-10-11-12-13-14-15-16-17-21(24)25-19-20(23)18-22;15-13(11-7-3-1-4-8-11)17-18-14(16)12-9-5-2-6-10-12;4-1-3(6)2-5/h20,22-23H,2-19H2,1H3;1-10H;3-6H,1-2H2. The molecule has 0 aliphatic rings. The maximum Gasteiger partial charge on any atom is 0.386 e. The van der Waals surface area contributed by atoms with Crippen LogP contribution in [0, 0.1) is 0 Å². The van der Waals surface area contributed by atoms with Crippen molar-refractivity contribution in [2.75, 3.05) is 26.4 Å². The predicted molar refractivity (Wildman–Crippen MR) is 187 cm³/mol. The van der Waals surface area contributed by atoms with E-state index in [0.29, 0.717) is 17.5 Å². The lowest BCUT2D eigenvalue weighted by Crippen LogP contribution is -2.21. The van der Waals surface area contributed by atoms with E-state index in [1.807, 2.05) is 0 Å². The van der Waals surface area contributed by atoms with Crippen LogP contribution in [-0.2, 0) is 19.3 Å². The largest absolute Gasteiger partial charge is 0.463 e. The molecule has 0 amide bonds. The first kappa shape index (κ1) is 45.6. The van der Waals surface area contributed by atoms with E-state index >= 15 is 0 Å². The first-order valence-electron chi connectivity index (χ1n) is 17.7. The minimum absolute atomic E-state index is 0.103. The van der Waals surface area contributed by atoms with Crippen molar-refractivity contribution >= 4 is 17.9 Å². The summed E-state index contributed by atoms with van der Waals surface area (Å²) in [7, 11) is 0. The van der Waals surface area contributed by atoms with Crippen LogP contribution in [0.25, 0.3) is 0 Å². The number of ether oxygens (including phenoxy) is 1. The molecular formula is C38H60O11. The van der Waals surface area contributed by atoms with Crippen molar-refractivity contribution in [3.05, 3.63) is 71.8 Å². The van der Waals surface area contributed by atoms with Gasteiger partial charge in [-0.15, -0.1) is 0 Å². The van der Waals surface area contributed by atoms with Gasteiger partial charge in [-0.1, -0.05) is 133 Å². The van der Waals surface area contributed by atoms with Crippen LogP contribution < -0.4 is 0 Å². The summed E-state index contributed by atoms with van der Waals surface area (Å²) in [5.41, 5.74) is 0.636. The van der Waals surface area contributed by atoms with Gasteiger partial charge in [-0.3, -0.25) is 4.79 Å². The van der Waals surface area contributed by atoms with E-state index in [4.69, 9.17) is 30.3 Å². The van der Waals surface area contributed by atoms with Gasteiger partial charge in [0.1, 0.15) is 18.8 Å². The molecule has 0 spiro atoms. The zero-order valence-electron chi connectivity index (χ0n) is 29.3. The molecule has 1 atom stereocenters. The maximum atomic E-state index is 11.5. The number of benzene rings is 2. The molecule has 0 saturated carbocycles. The summed E-state index contributed by atoms with van der Waals surface area (Å²) in [5, 5.41) is 41.7. The van der Waals surface area contributed by atoms with Crippen LogP contribution in [-0.4, -0.2) is 82.1 Å². The summed E-state index contributed by atoms with van der Waals surface area (Å²) in [6.45, 7) is 1.06. The van der Waals surface area contributed by atoms with Gasteiger partial charge in [-0.2, -0.15) is 0 Å². The number of esters is 1. The maximum absolute atomic E-state index is 11.5. The smallest absolute Gasteiger partial charge is 0.386 e. The van der Waals surface area contributed by atoms with Crippen molar-refractivity contribution in [3.8, 4) is 0 Å². The summed E-state index contributed by atoms with van der Waals surface area (Å²) in [6.07, 6.45) is 18.1. The molecule has 11 heteroatoms. The first-order chi connectivity index (χ1) is 23.8. The van der Waals surface area contributed by atoms with Crippen LogP contribution in [0.15, 0.2) is 60.7 Å². The lowest BCUT2D eigenvalue weighted by Gasteiger charge is -2.08. The fourth-order valence-corrected chi connectivity index (χ4v) is 4.33. The van der Waals surface area contributed by atoms with Crippen LogP contribution in [0.1, 0.15) is 130 Å². The minimum atomic E-state index is -0.954. The molecule has 0 aliphatic carbocycles. The zero-order valence-corrected chi connectivity index (χ0v) is 29.3. The van der Waals surface area contributed by atoms with E-state index in [-0.39, 0.29) is 32.4 Å². The summed E-state index contributed by atoms with van der Waals surface area (Å²) < 4.78 is 4.86. The van der Waals surface area contributed by atoms with Crippen molar-refractivity contribution in [3.63, 3.8) is 0 Å². The molecule has 2 rings (SSSR count). The average Bonchev–Trinajstić information content (AvgIpc) is 3.15. The van der Waals surface area contributed by atoms with Crippen molar-refractivity contribution in [2.24, 2.45) is 0 Å². The molecule has 11 nitrogen and oxygen atoms in total. The minimum Gasteiger partial charge on any atom is -0.463 e. The molecule has 278 valence electrons. The molecular weight excluding hydrogens is 632 g/mol. The molecule has 5 N–H and O–H groups in total. The number of carbonyl (C=O) groups is 3. The molecule has 0 saturated heterocycles. The molecule has 0 aromatic heterocycles. The third-order valence-corrected chi connectivity index (χ3v) is 7.27. The van der Waals surface area contributed by atoms with Gasteiger partial charge in [0.2, 0.25) is 0 Å². The Hall–Kier alpha value is -3.35. The van der Waals surface area contributed by atoms with Crippen molar-refractivity contribution < 1.29 is 54.4 Å². The predicted octanol–water partition coefficient (Wildman–Crippen LogP) is 6.09. The first-order valence-corrected chi connectivity index (χ1v) is 17.7. The molecule has 0 bridgehead atoms. The Morgan fingerprint density at radius 1 is 0.531 bits per heavy atom. The number of carbonyl (C=O) groups excluding carboxylic acids is 3. The molecule has 0 heterocycles. The van der Waals surface area contributed by atoms with Gasteiger partial charge in [0, 0.05) is 6.42 Å². The number of hydrogen-bond donors (Lipinski definition) is 5. The highest BCUT2D eigenvalue weighted by molar-refractivity contribution is 5.92. The molecule has 1 unspecified atom stereocenters. The van der Waals surface area contributed by atoms with Crippen LogP contribution >= 0.6 is 0 Å². The van der Waals surface area contributed by atoms with Crippen LogP contribution in [0.3, 0.4) is 0 Å². The van der Waals surface area contributed by atoms with Crippen molar-refractivity contribution in [1.82, 2.24) is 0 Å². The second kappa shape index (κ2) is 33.2. The van der Waals surface area contributed by atoms with Gasteiger partial charge in [0.25, 0.3) is 0 Å². The normalized spacial score (nSPS) is 11.0. The highest BCUT2D eigenvalue weighted by Gasteiger charge is 2.13. The van der Waals surface area contributed by atoms with E-state index in [1.165, 1.54) is 83.5 Å². The Morgan fingerprint density at radius 2 is 0.878 bits per heavy atom. The molecule has 0 fully saturated rings. The van der Waals surface area contributed by atoms with Crippen LogP contribution in [0.2, 0.25) is 0 Å². The molecule has 0 radical (unpaired) electrons. The highest BCUT2D eigenvalue weighted by Crippen LogP contribution is 2.14. The van der Waals surface area contributed by atoms with E-state index in [0.717, 1.165) is 12.8 Å². The lowest BCUT2D eigenvalue weighted by atomic mass is 10.0. The van der Waals surface area contributed by atoms with Crippen LogP contribution in [0.5, 0.6) is 0 Å². The van der Waals surface area contributed by atoms with Crippen molar-refractivity contribution in [1.29, 1.82) is 0 Å². The summed E-state index contributed by atoms with van der Waals surface area (Å²) in [6, 6.07) is 16.6. The van der Waals surface area contributed by atoms with E-state index in [2.05, 4.69) is 16.7 Å². The van der Waals surface area contributed by atoms with Gasteiger partial charge >= 0.3 is 17.9 Å². The Balaban J connectivity index is 0.000000830. The number of aliphatic hydroxyl groups is 5. The zero-order chi connectivity index (χ0) is 36.4. The third kappa shape index (κ3) is 28.2. The summed E-state index contributed by atoms with van der Waals surface area (Å²) in [5.74, 6) is -1.69. The topological polar surface area (TPSA) is 180 Å². The van der Waals surface area contributed by atoms with Gasteiger partial charge in [0.15, 0.2) is 0 Å². The number of unbranched alkanes of at least 4 members (excludes halogenated alkanes) is 14. The van der Waals surface area contributed by atoms with E-state index in [1.54, 1.807) is 60.7 Å². The van der Waals surface area contributed by atoms with Gasteiger partial charge in [-0.05, 0) is 30.7 Å². The second-order valence-electron chi connectivity index (χ2n) is 11.7. The summed E-state index contributed by atoms with van der Waals surface area (Å²) >= 11 is 0. The Bertz CT molecular complexity index is 995. The molecule has 2 aromatic rings. The fraction of sp³-hybridized carbons (Fsp3) is 0.605. The molecule has 49 heavy (non-hydrogen) atoms. The Labute approximate surface area is 292 Å². The number of rotatable bonds is 23. The quantitative estimate of drug-likeness (QED) is 0.0394. The van der Waals surface area contributed by atoms with E-state index < -0.39 is 24.1 Å². The summed E-state index contributed by atoms with van der Waals surface area (Å²) in [4.78, 5) is 43.3. The molecule has 2 aromatic carbocycles. The number of hydrogen-bond acceptors (Lipinski definition) is 11. The number of aliphatic hydroxyl groups excluding tert-OH is 5. The van der Waals surface area contributed by atoms with Crippen LogP contribution in [0.4, 0.5) is 0 Å². The lowest BCUT2D eigenvalue weighted by molar-refractivity contribution is -0.187. The Morgan fingerprint density at radius 3 is 1.20 bits per heavy atom. The third-order valence-electron chi connectivity index (χ3n) is 7.27. The average molecular weight is 693 g/mol. The second-order valence-corrected chi connectivity index (χ2v) is 11.7.